The fourth-order valence-corrected chi connectivity index (χ4v) is 4.21. The number of benzene rings is 1. The summed E-state index contributed by atoms with van der Waals surface area (Å²) < 4.78 is 5.43. The van der Waals surface area contributed by atoms with Gasteiger partial charge in [0, 0.05) is 5.75 Å². The van der Waals surface area contributed by atoms with Gasteiger partial charge in [-0.15, -0.1) is 21.5 Å². The van der Waals surface area contributed by atoms with Crippen LogP contribution < -0.4 is 5.32 Å². The van der Waals surface area contributed by atoms with Crippen LogP contribution in [0.4, 0.5) is 5.13 Å². The van der Waals surface area contributed by atoms with Crippen molar-refractivity contribution in [2.45, 2.75) is 10.1 Å². The van der Waals surface area contributed by atoms with Gasteiger partial charge in [-0.2, -0.15) is 0 Å². The smallest absolute Gasteiger partial charge is 0.337 e. The summed E-state index contributed by atoms with van der Waals surface area (Å²) in [5, 5.41) is 13.1. The number of nitrogens with zero attached hydrogens (tertiary/aromatic N) is 2. The molecular weight excluding hydrogens is 378 g/mol. The number of amides is 1. The molecule has 9 heteroatoms. The van der Waals surface area contributed by atoms with Gasteiger partial charge in [0.2, 0.25) is 5.13 Å². The van der Waals surface area contributed by atoms with Crippen LogP contribution in [0.15, 0.2) is 46.1 Å². The topological polar surface area (TPSA) is 81.2 Å². The Labute approximate surface area is 156 Å². The quantitative estimate of drug-likeness (QED) is 0.389. The Bertz CT molecular complexity index is 860. The number of thiophene rings is 1. The lowest BCUT2D eigenvalue weighted by Gasteiger charge is -2.01. The minimum atomic E-state index is -0.352. The Kier molecular flexibility index (Phi) is 5.79. The second kappa shape index (κ2) is 8.24. The summed E-state index contributed by atoms with van der Waals surface area (Å²) in [7, 11) is 1.36. The highest BCUT2D eigenvalue weighted by Crippen LogP contribution is 2.28. The van der Waals surface area contributed by atoms with Crippen molar-refractivity contribution in [3.63, 3.8) is 0 Å². The predicted molar refractivity (Wildman–Crippen MR) is 99.5 cm³/mol. The predicted octanol–water partition coefficient (Wildman–Crippen LogP) is 3.93. The first-order chi connectivity index (χ1) is 12.2. The summed E-state index contributed by atoms with van der Waals surface area (Å²) in [4.78, 5) is 24.0. The highest BCUT2D eigenvalue weighted by molar-refractivity contribution is 8.00. The molecule has 0 spiro atoms. The Morgan fingerprint density at radius 3 is 2.68 bits per heavy atom. The van der Waals surface area contributed by atoms with Crippen molar-refractivity contribution in [2.75, 3.05) is 12.4 Å². The fraction of sp³-hybridized carbons (Fsp3) is 0.125. The SMILES string of the molecule is COC(=O)c1ccc(CSc2nnc(NC(=O)c3cccs3)s2)cc1. The number of methoxy groups -OCH3 is 1. The standard InChI is InChI=1S/C16H13N3O3S3/c1-22-14(21)11-6-4-10(5-7-11)9-24-16-19-18-15(25-16)17-13(20)12-3-2-8-23-12/h2-8H,9H2,1H3,(H,17,18,20). The molecule has 0 aliphatic rings. The largest absolute Gasteiger partial charge is 0.465 e. The number of hydrogen-bond acceptors (Lipinski definition) is 8. The first kappa shape index (κ1) is 17.6. The summed E-state index contributed by atoms with van der Waals surface area (Å²) in [5.74, 6) is 0.158. The van der Waals surface area contributed by atoms with Crippen molar-refractivity contribution in [1.29, 1.82) is 0 Å². The first-order valence-electron chi connectivity index (χ1n) is 7.14. The van der Waals surface area contributed by atoms with Gasteiger partial charge < -0.3 is 4.74 Å². The molecule has 0 saturated heterocycles. The molecule has 25 heavy (non-hydrogen) atoms. The monoisotopic (exact) mass is 391 g/mol. The van der Waals surface area contributed by atoms with Crippen molar-refractivity contribution >= 4 is 51.4 Å². The molecular formula is C16H13N3O3S3. The lowest BCUT2D eigenvalue weighted by Crippen LogP contribution is -2.09. The molecule has 1 amide bonds. The highest BCUT2D eigenvalue weighted by Gasteiger charge is 2.11. The van der Waals surface area contributed by atoms with Crippen molar-refractivity contribution in [3.8, 4) is 0 Å². The molecule has 2 heterocycles. The van der Waals surface area contributed by atoms with Crippen molar-refractivity contribution < 1.29 is 14.3 Å². The Hall–Kier alpha value is -2.23. The van der Waals surface area contributed by atoms with Crippen LogP contribution in [0.1, 0.15) is 25.6 Å². The molecule has 0 aliphatic carbocycles. The van der Waals surface area contributed by atoms with E-state index in [2.05, 4.69) is 20.3 Å². The van der Waals surface area contributed by atoms with E-state index in [0.717, 1.165) is 9.90 Å². The Morgan fingerprint density at radius 1 is 1.20 bits per heavy atom. The number of carbonyl (C=O) groups excluding carboxylic acids is 2. The number of hydrogen-bond donors (Lipinski definition) is 1. The summed E-state index contributed by atoms with van der Waals surface area (Å²) in [5.41, 5.74) is 1.57. The van der Waals surface area contributed by atoms with Gasteiger partial charge in [0.25, 0.3) is 5.91 Å². The van der Waals surface area contributed by atoms with Crippen LogP contribution in [0.5, 0.6) is 0 Å². The molecule has 3 rings (SSSR count). The van der Waals surface area contributed by atoms with Gasteiger partial charge >= 0.3 is 5.97 Å². The first-order valence-corrected chi connectivity index (χ1v) is 9.82. The molecule has 1 N–H and O–H groups in total. The van der Waals surface area contributed by atoms with Crippen molar-refractivity contribution in [1.82, 2.24) is 10.2 Å². The average Bonchev–Trinajstić information content (AvgIpc) is 3.31. The number of esters is 1. The Morgan fingerprint density at radius 2 is 2.00 bits per heavy atom. The molecule has 128 valence electrons. The lowest BCUT2D eigenvalue weighted by molar-refractivity contribution is 0.0600. The summed E-state index contributed by atoms with van der Waals surface area (Å²) in [6, 6.07) is 10.8. The van der Waals surface area contributed by atoms with Crippen LogP contribution in [0, 0.1) is 0 Å². The second-order valence-electron chi connectivity index (χ2n) is 4.78. The summed E-state index contributed by atoms with van der Waals surface area (Å²) >= 11 is 4.22. The van der Waals surface area contributed by atoms with Crippen LogP contribution in [0.3, 0.4) is 0 Å². The minimum absolute atomic E-state index is 0.180. The van der Waals surface area contributed by atoms with Gasteiger partial charge in [0.15, 0.2) is 4.34 Å². The van der Waals surface area contributed by atoms with E-state index in [-0.39, 0.29) is 11.9 Å². The van der Waals surface area contributed by atoms with E-state index in [0.29, 0.717) is 21.3 Å². The molecule has 0 saturated carbocycles. The third-order valence-corrected chi connectivity index (χ3v) is 6.02. The molecule has 2 aromatic heterocycles. The lowest BCUT2D eigenvalue weighted by atomic mass is 10.1. The molecule has 0 unspecified atom stereocenters. The van der Waals surface area contributed by atoms with Gasteiger partial charge in [0.1, 0.15) is 0 Å². The van der Waals surface area contributed by atoms with E-state index in [4.69, 9.17) is 0 Å². The zero-order chi connectivity index (χ0) is 17.6. The van der Waals surface area contributed by atoms with Gasteiger partial charge in [-0.3, -0.25) is 10.1 Å². The number of nitrogens with one attached hydrogen (secondary N) is 1. The average molecular weight is 391 g/mol. The summed E-state index contributed by atoms with van der Waals surface area (Å²) in [6.45, 7) is 0. The minimum Gasteiger partial charge on any atom is -0.465 e. The van der Waals surface area contributed by atoms with Gasteiger partial charge in [-0.1, -0.05) is 41.3 Å². The molecule has 6 nitrogen and oxygen atoms in total. The molecule has 1 aromatic carbocycles. The summed E-state index contributed by atoms with van der Waals surface area (Å²) in [6.07, 6.45) is 0. The van der Waals surface area contributed by atoms with Crippen LogP contribution >= 0.6 is 34.4 Å². The second-order valence-corrected chi connectivity index (χ2v) is 7.93. The van der Waals surface area contributed by atoms with Gasteiger partial charge in [-0.25, -0.2) is 4.79 Å². The van der Waals surface area contributed by atoms with E-state index < -0.39 is 0 Å². The van der Waals surface area contributed by atoms with Crippen molar-refractivity contribution in [3.05, 3.63) is 57.8 Å². The van der Waals surface area contributed by atoms with E-state index in [9.17, 15) is 9.59 Å². The van der Waals surface area contributed by atoms with Crippen molar-refractivity contribution in [2.24, 2.45) is 0 Å². The van der Waals surface area contributed by atoms with E-state index in [1.165, 1.54) is 41.5 Å². The number of aromatic nitrogens is 2. The molecule has 0 atom stereocenters. The Balaban J connectivity index is 1.55. The number of rotatable bonds is 6. The fourth-order valence-electron chi connectivity index (χ4n) is 1.89. The van der Waals surface area contributed by atoms with Crippen LogP contribution in [-0.4, -0.2) is 29.2 Å². The maximum Gasteiger partial charge on any atom is 0.337 e. The molecule has 0 fully saturated rings. The van der Waals surface area contributed by atoms with Gasteiger partial charge in [0.05, 0.1) is 17.6 Å². The zero-order valence-electron chi connectivity index (χ0n) is 13.1. The van der Waals surface area contributed by atoms with Gasteiger partial charge in [-0.05, 0) is 29.1 Å². The maximum absolute atomic E-state index is 12.0. The maximum atomic E-state index is 12.0. The van der Waals surface area contributed by atoms with E-state index in [1.54, 1.807) is 18.2 Å². The normalized spacial score (nSPS) is 10.4. The van der Waals surface area contributed by atoms with E-state index in [1.807, 2.05) is 23.6 Å². The number of ether oxygens (including phenoxy) is 1. The zero-order valence-corrected chi connectivity index (χ0v) is 15.5. The van der Waals surface area contributed by atoms with Crippen LogP contribution in [0.25, 0.3) is 0 Å². The van der Waals surface area contributed by atoms with Crippen LogP contribution in [0.2, 0.25) is 0 Å². The molecule has 0 bridgehead atoms. The van der Waals surface area contributed by atoms with Crippen LogP contribution in [-0.2, 0) is 10.5 Å². The molecule has 3 aromatic rings. The number of carbonyl (C=O) groups is 2. The number of thioether (sulfide) groups is 1. The number of anilines is 1. The highest BCUT2D eigenvalue weighted by atomic mass is 32.2. The molecule has 0 radical (unpaired) electrons. The van der Waals surface area contributed by atoms with E-state index >= 15 is 0 Å². The third-order valence-electron chi connectivity index (χ3n) is 3.11. The molecule has 0 aliphatic heterocycles. The third kappa shape index (κ3) is 4.65.